The summed E-state index contributed by atoms with van der Waals surface area (Å²) >= 11 is 0. The molecule has 2 aromatic carbocycles. The van der Waals surface area contributed by atoms with E-state index in [1.54, 1.807) is 30.3 Å². The molecule has 1 heterocycles. The molecule has 0 unspecified atom stereocenters. The number of fused-ring (bicyclic) bond motifs is 1. The smallest absolute Gasteiger partial charge is 0.313 e. The Labute approximate surface area is 144 Å². The number of hydrogen-bond donors (Lipinski definition) is 2. The van der Waals surface area contributed by atoms with Crippen LogP contribution in [0.4, 0.5) is 5.69 Å². The van der Waals surface area contributed by atoms with Crippen LogP contribution in [0.2, 0.25) is 0 Å². The van der Waals surface area contributed by atoms with Gasteiger partial charge >= 0.3 is 11.8 Å². The lowest BCUT2D eigenvalue weighted by Crippen LogP contribution is -2.35. The Bertz CT molecular complexity index is 819. The summed E-state index contributed by atoms with van der Waals surface area (Å²) in [6, 6.07) is 10.7. The molecule has 7 nitrogen and oxygen atoms in total. The number of carbonyl (C=O) groups excluding carboxylic acids is 2. The Morgan fingerprint density at radius 3 is 2.68 bits per heavy atom. The predicted molar refractivity (Wildman–Crippen MR) is 90.8 cm³/mol. The molecule has 2 aromatic rings. The molecule has 3 rings (SSSR count). The molecule has 130 valence electrons. The highest BCUT2D eigenvalue weighted by Crippen LogP contribution is 2.32. The fourth-order valence-corrected chi connectivity index (χ4v) is 2.41. The van der Waals surface area contributed by atoms with Gasteiger partial charge in [-0.2, -0.15) is 0 Å². The summed E-state index contributed by atoms with van der Waals surface area (Å²) in [7, 11) is 1.50. The van der Waals surface area contributed by atoms with Crippen LogP contribution in [-0.2, 0) is 16.1 Å². The fraction of sp³-hybridized carbons (Fsp3) is 0.222. The Kier molecular flexibility index (Phi) is 4.74. The lowest BCUT2D eigenvalue weighted by molar-refractivity contribution is -0.136. The number of amides is 2. The van der Waals surface area contributed by atoms with Gasteiger partial charge in [0.25, 0.3) is 0 Å². The Morgan fingerprint density at radius 1 is 1.08 bits per heavy atom. The van der Waals surface area contributed by atoms with E-state index in [9.17, 15) is 9.59 Å². The minimum absolute atomic E-state index is 0.186. The molecule has 2 N–H and O–H groups in total. The molecule has 0 saturated heterocycles. The average molecular weight is 342 g/mol. The third-order valence-electron chi connectivity index (χ3n) is 3.70. The van der Waals surface area contributed by atoms with E-state index in [0.717, 1.165) is 11.1 Å². The highest BCUT2D eigenvalue weighted by atomic mass is 16.7. The number of benzene rings is 2. The third kappa shape index (κ3) is 3.82. The SMILES string of the molecule is COc1ccc(C)cc1NC(=O)C(=O)NCc1ccc2c(c1)OCO2. The zero-order valence-electron chi connectivity index (χ0n) is 13.9. The number of methoxy groups -OCH3 is 1. The molecule has 0 aromatic heterocycles. The normalized spacial score (nSPS) is 11.8. The van der Waals surface area contributed by atoms with Crippen molar-refractivity contribution in [3.8, 4) is 17.2 Å². The molecule has 0 bridgehead atoms. The van der Waals surface area contributed by atoms with E-state index >= 15 is 0 Å². The number of nitrogens with one attached hydrogen (secondary N) is 2. The Hall–Kier alpha value is -3.22. The van der Waals surface area contributed by atoms with E-state index in [0.29, 0.717) is 22.9 Å². The molecule has 2 amide bonds. The molecule has 0 radical (unpaired) electrons. The van der Waals surface area contributed by atoms with Crippen LogP contribution >= 0.6 is 0 Å². The summed E-state index contributed by atoms with van der Waals surface area (Å²) in [5, 5.41) is 5.13. The Balaban J connectivity index is 1.60. The summed E-state index contributed by atoms with van der Waals surface area (Å²) < 4.78 is 15.7. The maximum atomic E-state index is 12.1. The van der Waals surface area contributed by atoms with E-state index < -0.39 is 11.8 Å². The summed E-state index contributed by atoms with van der Waals surface area (Å²) in [5.41, 5.74) is 2.20. The largest absolute Gasteiger partial charge is 0.495 e. The molecule has 7 heteroatoms. The second-order valence-electron chi connectivity index (χ2n) is 5.53. The zero-order chi connectivity index (χ0) is 17.8. The summed E-state index contributed by atoms with van der Waals surface area (Å²) in [5.74, 6) is 0.286. The van der Waals surface area contributed by atoms with Crippen molar-refractivity contribution >= 4 is 17.5 Å². The van der Waals surface area contributed by atoms with Gasteiger partial charge in [0.2, 0.25) is 6.79 Å². The first-order valence-electron chi connectivity index (χ1n) is 7.69. The van der Waals surface area contributed by atoms with Gasteiger partial charge in [-0.05, 0) is 42.3 Å². The summed E-state index contributed by atoms with van der Waals surface area (Å²) in [6.07, 6.45) is 0. The minimum atomic E-state index is -0.760. The van der Waals surface area contributed by atoms with Gasteiger partial charge < -0.3 is 24.8 Å². The van der Waals surface area contributed by atoms with Crippen molar-refractivity contribution in [1.29, 1.82) is 0 Å². The van der Waals surface area contributed by atoms with Crippen molar-refractivity contribution in [1.82, 2.24) is 5.32 Å². The van der Waals surface area contributed by atoms with Gasteiger partial charge in [0.05, 0.1) is 12.8 Å². The van der Waals surface area contributed by atoms with Crippen molar-refractivity contribution < 1.29 is 23.8 Å². The first-order chi connectivity index (χ1) is 12.1. The molecule has 25 heavy (non-hydrogen) atoms. The molecule has 0 aliphatic carbocycles. The van der Waals surface area contributed by atoms with E-state index in [2.05, 4.69) is 10.6 Å². The zero-order valence-corrected chi connectivity index (χ0v) is 13.9. The highest BCUT2D eigenvalue weighted by molar-refractivity contribution is 6.39. The number of carbonyl (C=O) groups is 2. The Morgan fingerprint density at radius 2 is 1.88 bits per heavy atom. The molecule has 0 saturated carbocycles. The fourth-order valence-electron chi connectivity index (χ4n) is 2.41. The van der Waals surface area contributed by atoms with Gasteiger partial charge in [-0.1, -0.05) is 12.1 Å². The second-order valence-corrected chi connectivity index (χ2v) is 5.53. The van der Waals surface area contributed by atoms with Crippen LogP contribution in [0.1, 0.15) is 11.1 Å². The van der Waals surface area contributed by atoms with E-state index in [1.165, 1.54) is 7.11 Å². The first kappa shape index (κ1) is 16.6. The maximum Gasteiger partial charge on any atom is 0.313 e. The lowest BCUT2D eigenvalue weighted by Gasteiger charge is -2.11. The van der Waals surface area contributed by atoms with E-state index in [-0.39, 0.29) is 13.3 Å². The van der Waals surface area contributed by atoms with Gasteiger partial charge in [-0.3, -0.25) is 9.59 Å². The molecular weight excluding hydrogens is 324 g/mol. The van der Waals surface area contributed by atoms with Crippen molar-refractivity contribution in [3.05, 3.63) is 47.5 Å². The van der Waals surface area contributed by atoms with Crippen LogP contribution < -0.4 is 24.8 Å². The van der Waals surface area contributed by atoms with Crippen LogP contribution in [0.3, 0.4) is 0 Å². The minimum Gasteiger partial charge on any atom is -0.495 e. The monoisotopic (exact) mass is 342 g/mol. The topological polar surface area (TPSA) is 85.9 Å². The van der Waals surface area contributed by atoms with Crippen molar-refractivity contribution in [2.24, 2.45) is 0 Å². The summed E-state index contributed by atoms with van der Waals surface area (Å²) in [4.78, 5) is 24.1. The van der Waals surface area contributed by atoms with Crippen LogP contribution in [-0.4, -0.2) is 25.7 Å². The lowest BCUT2D eigenvalue weighted by atomic mass is 10.2. The van der Waals surface area contributed by atoms with Crippen LogP contribution in [0, 0.1) is 6.92 Å². The predicted octanol–water partition coefficient (Wildman–Crippen LogP) is 1.99. The highest BCUT2D eigenvalue weighted by Gasteiger charge is 2.17. The van der Waals surface area contributed by atoms with Gasteiger partial charge in [0.1, 0.15) is 5.75 Å². The summed E-state index contributed by atoms with van der Waals surface area (Å²) in [6.45, 7) is 2.27. The standard InChI is InChI=1S/C18H18N2O5/c1-11-3-5-14(23-2)13(7-11)20-18(22)17(21)19-9-12-4-6-15-16(8-12)25-10-24-15/h3-8H,9-10H2,1-2H3,(H,19,21)(H,20,22). The number of rotatable bonds is 4. The van der Waals surface area contributed by atoms with Crippen molar-refractivity contribution in [3.63, 3.8) is 0 Å². The molecule has 0 spiro atoms. The van der Waals surface area contributed by atoms with Crippen LogP contribution in [0.25, 0.3) is 0 Å². The molecule has 1 aliphatic rings. The van der Waals surface area contributed by atoms with E-state index in [1.807, 2.05) is 13.0 Å². The van der Waals surface area contributed by atoms with Gasteiger partial charge in [0, 0.05) is 6.54 Å². The average Bonchev–Trinajstić information content (AvgIpc) is 3.07. The van der Waals surface area contributed by atoms with Crippen LogP contribution in [0.15, 0.2) is 36.4 Å². The first-order valence-corrected chi connectivity index (χ1v) is 7.69. The third-order valence-corrected chi connectivity index (χ3v) is 3.70. The quantitative estimate of drug-likeness (QED) is 0.830. The number of anilines is 1. The molecular formula is C18H18N2O5. The second kappa shape index (κ2) is 7.12. The maximum absolute atomic E-state index is 12.1. The number of aryl methyl sites for hydroxylation is 1. The van der Waals surface area contributed by atoms with Crippen molar-refractivity contribution in [2.45, 2.75) is 13.5 Å². The van der Waals surface area contributed by atoms with E-state index in [4.69, 9.17) is 14.2 Å². The van der Waals surface area contributed by atoms with Crippen molar-refractivity contribution in [2.75, 3.05) is 19.2 Å². The number of ether oxygens (including phenoxy) is 3. The molecule has 0 fully saturated rings. The van der Waals surface area contributed by atoms with Gasteiger partial charge in [0.15, 0.2) is 11.5 Å². The molecule has 0 atom stereocenters. The van der Waals surface area contributed by atoms with Gasteiger partial charge in [-0.25, -0.2) is 0 Å². The number of hydrogen-bond acceptors (Lipinski definition) is 5. The van der Waals surface area contributed by atoms with Gasteiger partial charge in [-0.15, -0.1) is 0 Å². The van der Waals surface area contributed by atoms with Crippen LogP contribution in [0.5, 0.6) is 17.2 Å². The molecule has 1 aliphatic heterocycles.